The van der Waals surface area contributed by atoms with Gasteiger partial charge in [-0.15, -0.1) is 0 Å². The summed E-state index contributed by atoms with van der Waals surface area (Å²) in [4.78, 5) is 11.8. The number of hydrogen-bond donors (Lipinski definition) is 1. The van der Waals surface area contributed by atoms with E-state index >= 15 is 0 Å². The monoisotopic (exact) mass is 236 g/mol. The zero-order chi connectivity index (χ0) is 13.2. The van der Waals surface area contributed by atoms with E-state index in [1.165, 1.54) is 0 Å². The van der Waals surface area contributed by atoms with E-state index in [4.69, 9.17) is 4.74 Å². The van der Waals surface area contributed by atoms with Gasteiger partial charge in [0.1, 0.15) is 11.9 Å². The van der Waals surface area contributed by atoms with Gasteiger partial charge in [0, 0.05) is 5.92 Å². The van der Waals surface area contributed by atoms with Gasteiger partial charge in [0.25, 0.3) is 0 Å². The number of ether oxygens (including phenoxy) is 1. The molecule has 94 valence electrons. The molecule has 0 amide bonds. The van der Waals surface area contributed by atoms with E-state index in [2.05, 4.69) is 0 Å². The molecule has 0 fully saturated rings. The van der Waals surface area contributed by atoms with Crippen LogP contribution in [-0.2, 0) is 4.79 Å². The second kappa shape index (κ2) is 5.32. The van der Waals surface area contributed by atoms with Gasteiger partial charge in [0.2, 0.25) is 0 Å². The minimum Gasteiger partial charge on any atom is -0.496 e. The molecular weight excluding hydrogens is 216 g/mol. The highest BCUT2D eigenvalue weighted by atomic mass is 16.5. The van der Waals surface area contributed by atoms with Crippen molar-refractivity contribution in [3.05, 3.63) is 28.8 Å². The highest BCUT2D eigenvalue weighted by Crippen LogP contribution is 2.29. The largest absolute Gasteiger partial charge is 0.496 e. The van der Waals surface area contributed by atoms with Crippen LogP contribution in [0.1, 0.15) is 36.6 Å². The van der Waals surface area contributed by atoms with Crippen LogP contribution in [0.4, 0.5) is 0 Å². The average Bonchev–Trinajstić information content (AvgIpc) is 2.30. The third-order valence-corrected chi connectivity index (χ3v) is 3.13. The second-order valence-electron chi connectivity index (χ2n) is 4.57. The first kappa shape index (κ1) is 13.7. The topological polar surface area (TPSA) is 46.5 Å². The van der Waals surface area contributed by atoms with E-state index in [9.17, 15) is 9.90 Å². The van der Waals surface area contributed by atoms with Crippen molar-refractivity contribution >= 4 is 5.78 Å². The Morgan fingerprint density at radius 3 is 2.29 bits per heavy atom. The molecule has 1 N–H and O–H groups in total. The smallest absolute Gasteiger partial charge is 0.168 e. The third-order valence-electron chi connectivity index (χ3n) is 3.13. The predicted octanol–water partition coefficient (Wildman–Crippen LogP) is 2.57. The van der Waals surface area contributed by atoms with Crippen LogP contribution in [0.5, 0.6) is 5.75 Å². The molecule has 0 heterocycles. The van der Waals surface area contributed by atoms with Crippen molar-refractivity contribution in [1.82, 2.24) is 0 Å². The summed E-state index contributed by atoms with van der Waals surface area (Å²) in [6, 6.07) is 3.54. The lowest BCUT2D eigenvalue weighted by Crippen LogP contribution is -2.18. The van der Waals surface area contributed by atoms with E-state index < -0.39 is 6.10 Å². The summed E-state index contributed by atoms with van der Waals surface area (Å²) in [7, 11) is 1.61. The van der Waals surface area contributed by atoms with Crippen LogP contribution in [0.2, 0.25) is 0 Å². The first-order valence-corrected chi connectivity index (χ1v) is 5.76. The molecular formula is C14H20O3. The predicted molar refractivity (Wildman–Crippen MR) is 67.3 cm³/mol. The molecule has 1 rings (SSSR count). The van der Waals surface area contributed by atoms with Crippen molar-refractivity contribution in [2.24, 2.45) is 5.92 Å². The molecule has 1 atom stereocenters. The Morgan fingerprint density at radius 1 is 1.24 bits per heavy atom. The second-order valence-corrected chi connectivity index (χ2v) is 4.57. The molecule has 0 spiro atoms. The van der Waals surface area contributed by atoms with E-state index in [1.54, 1.807) is 33.1 Å². The highest BCUT2D eigenvalue weighted by molar-refractivity contribution is 5.86. The van der Waals surface area contributed by atoms with E-state index in [-0.39, 0.29) is 11.7 Å². The first-order chi connectivity index (χ1) is 7.90. The van der Waals surface area contributed by atoms with Gasteiger partial charge in [-0.2, -0.15) is 0 Å². The van der Waals surface area contributed by atoms with Crippen LogP contribution < -0.4 is 4.74 Å². The number of aliphatic hydroxyl groups excluding tert-OH is 1. The number of carbonyl (C=O) groups is 1. The Hall–Kier alpha value is -1.35. The molecule has 0 aliphatic rings. The normalized spacial score (nSPS) is 12.6. The van der Waals surface area contributed by atoms with Gasteiger partial charge in [0.15, 0.2) is 5.78 Å². The minimum absolute atomic E-state index is 0.155. The van der Waals surface area contributed by atoms with Crippen LogP contribution in [0.25, 0.3) is 0 Å². The van der Waals surface area contributed by atoms with Crippen LogP contribution in [0, 0.1) is 19.8 Å². The fourth-order valence-corrected chi connectivity index (χ4v) is 1.80. The summed E-state index contributed by atoms with van der Waals surface area (Å²) < 4.78 is 5.20. The Labute approximate surface area is 102 Å². The molecule has 3 heteroatoms. The lowest BCUT2D eigenvalue weighted by molar-refractivity contribution is -0.130. The van der Waals surface area contributed by atoms with Crippen LogP contribution in [-0.4, -0.2) is 18.0 Å². The van der Waals surface area contributed by atoms with Crippen LogP contribution in [0.3, 0.4) is 0 Å². The van der Waals surface area contributed by atoms with Crippen molar-refractivity contribution in [2.75, 3.05) is 7.11 Å². The Balaban J connectivity index is 3.16. The molecule has 0 radical (unpaired) electrons. The zero-order valence-corrected chi connectivity index (χ0v) is 11.1. The Bertz CT molecular complexity index is 422. The van der Waals surface area contributed by atoms with Gasteiger partial charge in [0.05, 0.1) is 7.11 Å². The minimum atomic E-state index is -1.04. The molecule has 0 aromatic heterocycles. The van der Waals surface area contributed by atoms with Gasteiger partial charge >= 0.3 is 0 Å². The standard InChI is InChI=1S/C14H20O3/c1-8(2)13(15)14(16)11-6-7-12(17-5)10(4)9(11)3/h6-8,14,16H,1-5H3. The summed E-state index contributed by atoms with van der Waals surface area (Å²) in [6.07, 6.45) is -1.04. The number of benzene rings is 1. The summed E-state index contributed by atoms with van der Waals surface area (Å²) >= 11 is 0. The van der Waals surface area contributed by atoms with Gasteiger partial charge in [-0.25, -0.2) is 0 Å². The summed E-state index contributed by atoms with van der Waals surface area (Å²) in [6.45, 7) is 7.39. The zero-order valence-electron chi connectivity index (χ0n) is 11.1. The van der Waals surface area contributed by atoms with Gasteiger partial charge in [-0.05, 0) is 36.6 Å². The van der Waals surface area contributed by atoms with E-state index in [0.29, 0.717) is 5.56 Å². The number of Topliss-reactive ketones (excluding diaryl/α,β-unsaturated/α-hetero) is 1. The number of ketones is 1. The number of hydrogen-bond acceptors (Lipinski definition) is 3. The van der Waals surface area contributed by atoms with Crippen molar-refractivity contribution in [3.8, 4) is 5.75 Å². The molecule has 0 aliphatic carbocycles. The lowest BCUT2D eigenvalue weighted by atomic mass is 9.92. The van der Waals surface area contributed by atoms with Crippen molar-refractivity contribution in [1.29, 1.82) is 0 Å². The molecule has 0 saturated carbocycles. The van der Waals surface area contributed by atoms with Crippen LogP contribution >= 0.6 is 0 Å². The average molecular weight is 236 g/mol. The molecule has 0 bridgehead atoms. The van der Waals surface area contributed by atoms with E-state index in [1.807, 2.05) is 13.8 Å². The fraction of sp³-hybridized carbons (Fsp3) is 0.500. The molecule has 0 aliphatic heterocycles. The molecule has 1 aromatic rings. The van der Waals surface area contributed by atoms with E-state index in [0.717, 1.165) is 16.9 Å². The number of methoxy groups -OCH3 is 1. The maximum absolute atomic E-state index is 11.8. The first-order valence-electron chi connectivity index (χ1n) is 5.76. The summed E-state index contributed by atoms with van der Waals surface area (Å²) in [5.41, 5.74) is 2.54. The van der Waals surface area contributed by atoms with Crippen molar-refractivity contribution < 1.29 is 14.6 Å². The van der Waals surface area contributed by atoms with Gasteiger partial charge in [-0.3, -0.25) is 4.79 Å². The van der Waals surface area contributed by atoms with Gasteiger partial charge < -0.3 is 9.84 Å². The lowest BCUT2D eigenvalue weighted by Gasteiger charge is -2.17. The molecule has 0 saturated heterocycles. The van der Waals surface area contributed by atoms with Crippen molar-refractivity contribution in [2.45, 2.75) is 33.8 Å². The SMILES string of the molecule is COc1ccc(C(O)C(=O)C(C)C)c(C)c1C. The maximum atomic E-state index is 11.8. The Morgan fingerprint density at radius 2 is 1.82 bits per heavy atom. The fourth-order valence-electron chi connectivity index (χ4n) is 1.80. The van der Waals surface area contributed by atoms with Gasteiger partial charge in [-0.1, -0.05) is 19.9 Å². The maximum Gasteiger partial charge on any atom is 0.168 e. The summed E-state index contributed by atoms with van der Waals surface area (Å²) in [5.74, 6) is 0.444. The molecule has 3 nitrogen and oxygen atoms in total. The highest BCUT2D eigenvalue weighted by Gasteiger charge is 2.23. The third kappa shape index (κ3) is 2.67. The molecule has 17 heavy (non-hydrogen) atoms. The van der Waals surface area contributed by atoms with Crippen molar-refractivity contribution in [3.63, 3.8) is 0 Å². The number of carbonyl (C=O) groups excluding carboxylic acids is 1. The molecule has 1 aromatic carbocycles. The van der Waals surface area contributed by atoms with Crippen LogP contribution in [0.15, 0.2) is 12.1 Å². The molecule has 1 unspecified atom stereocenters. The number of aliphatic hydroxyl groups is 1. The summed E-state index contributed by atoms with van der Waals surface area (Å²) in [5, 5.41) is 10.0. The number of rotatable bonds is 4. The quantitative estimate of drug-likeness (QED) is 0.874. The Kier molecular flexibility index (Phi) is 4.29.